The minimum absolute atomic E-state index is 0.423. The molecule has 8 nitrogen and oxygen atoms in total. The van der Waals surface area contributed by atoms with E-state index < -0.39 is 42.3 Å². The third-order valence-electron chi connectivity index (χ3n) is 3.39. The van der Waals surface area contributed by atoms with Gasteiger partial charge in [-0.05, 0) is 31.0 Å². The molecule has 24 heavy (non-hydrogen) atoms. The van der Waals surface area contributed by atoms with Crippen LogP contribution in [0.15, 0.2) is 24.3 Å². The molecule has 132 valence electrons. The highest BCUT2D eigenvalue weighted by Crippen LogP contribution is 2.17. The molecule has 0 fully saturated rings. The van der Waals surface area contributed by atoms with Crippen LogP contribution in [0.2, 0.25) is 0 Å². The Balaban J connectivity index is 2.74. The van der Waals surface area contributed by atoms with E-state index in [2.05, 4.69) is 5.32 Å². The molecule has 0 bridgehead atoms. The number of carbonyl (C=O) groups is 3. The number of aliphatic hydroxyl groups is 1. The zero-order chi connectivity index (χ0) is 18.3. The minimum Gasteiger partial charge on any atom is -0.497 e. The third kappa shape index (κ3) is 5.88. The summed E-state index contributed by atoms with van der Waals surface area (Å²) in [5.74, 6) is -3.26. The van der Waals surface area contributed by atoms with E-state index in [9.17, 15) is 19.5 Å². The fourth-order valence-corrected chi connectivity index (χ4v) is 2.25. The van der Waals surface area contributed by atoms with Crippen molar-refractivity contribution in [1.29, 1.82) is 0 Å². The van der Waals surface area contributed by atoms with E-state index >= 15 is 0 Å². The molecule has 1 atom stereocenters. The number of ether oxygens (including phenoxy) is 1. The van der Waals surface area contributed by atoms with Crippen LogP contribution in [0.3, 0.4) is 0 Å². The molecule has 0 saturated carbocycles. The molecule has 1 aromatic rings. The van der Waals surface area contributed by atoms with E-state index in [0.29, 0.717) is 12.2 Å². The van der Waals surface area contributed by atoms with E-state index in [1.807, 2.05) is 12.1 Å². The molecule has 1 amide bonds. The number of rotatable bonds is 9. The summed E-state index contributed by atoms with van der Waals surface area (Å²) < 4.78 is 5.04. The lowest BCUT2D eigenvalue weighted by Crippen LogP contribution is -2.52. The number of carboxylic acid groups (broad SMARTS) is 2. The number of hydrogen-bond donors (Lipinski definition) is 4. The van der Waals surface area contributed by atoms with E-state index in [0.717, 1.165) is 5.56 Å². The number of carboxylic acids is 2. The van der Waals surface area contributed by atoms with E-state index in [4.69, 9.17) is 14.9 Å². The summed E-state index contributed by atoms with van der Waals surface area (Å²) in [6.07, 6.45) is -1.55. The van der Waals surface area contributed by atoms with E-state index in [1.54, 1.807) is 26.2 Å². The summed E-state index contributed by atoms with van der Waals surface area (Å²) >= 11 is 0. The summed E-state index contributed by atoms with van der Waals surface area (Å²) in [4.78, 5) is 33.7. The first-order chi connectivity index (χ1) is 11.2. The molecule has 0 aliphatic heterocycles. The molecule has 0 saturated heterocycles. The number of benzene rings is 1. The second-order valence-corrected chi connectivity index (χ2v) is 5.60. The Bertz CT molecular complexity index is 581. The Morgan fingerprint density at radius 1 is 1.12 bits per heavy atom. The standard InChI is InChI=1S/C16H21NO7/c1-10(7-11-3-5-12(24-2)6-4-11)17-15(22)16(23,8-13(18)19)9-14(20)21/h3-6,10,23H,7-9H2,1-2H3,(H,17,22)(H,18,19)(H,20,21). The first-order valence-corrected chi connectivity index (χ1v) is 7.26. The van der Waals surface area contributed by atoms with Crippen molar-refractivity contribution in [2.75, 3.05) is 7.11 Å². The van der Waals surface area contributed by atoms with Gasteiger partial charge in [0.2, 0.25) is 0 Å². The second-order valence-electron chi connectivity index (χ2n) is 5.60. The van der Waals surface area contributed by atoms with Crippen molar-refractivity contribution in [1.82, 2.24) is 5.32 Å². The fraction of sp³-hybridized carbons (Fsp3) is 0.438. The van der Waals surface area contributed by atoms with Crippen molar-refractivity contribution in [2.24, 2.45) is 0 Å². The molecular formula is C16H21NO7. The Kier molecular flexibility index (Phi) is 6.72. The Labute approximate surface area is 139 Å². The Hall–Kier alpha value is -2.61. The van der Waals surface area contributed by atoms with Crippen molar-refractivity contribution in [3.05, 3.63) is 29.8 Å². The van der Waals surface area contributed by atoms with Gasteiger partial charge in [-0.3, -0.25) is 14.4 Å². The first kappa shape index (κ1) is 19.4. The maximum Gasteiger partial charge on any atom is 0.306 e. The molecule has 0 aliphatic rings. The Morgan fingerprint density at radius 2 is 1.62 bits per heavy atom. The highest BCUT2D eigenvalue weighted by molar-refractivity contribution is 5.92. The van der Waals surface area contributed by atoms with Gasteiger partial charge in [-0.15, -0.1) is 0 Å². The fourth-order valence-electron chi connectivity index (χ4n) is 2.25. The molecule has 0 spiro atoms. The predicted molar refractivity (Wildman–Crippen MR) is 83.8 cm³/mol. The van der Waals surface area contributed by atoms with Gasteiger partial charge < -0.3 is 25.4 Å². The van der Waals surface area contributed by atoms with Crippen molar-refractivity contribution < 1.29 is 34.4 Å². The Morgan fingerprint density at radius 3 is 2.04 bits per heavy atom. The van der Waals surface area contributed by atoms with Gasteiger partial charge in [-0.2, -0.15) is 0 Å². The normalized spacial score (nSPS) is 12.3. The lowest BCUT2D eigenvalue weighted by atomic mass is 9.93. The summed E-state index contributed by atoms with van der Waals surface area (Å²) in [6, 6.07) is 6.70. The average Bonchev–Trinajstić information content (AvgIpc) is 2.46. The van der Waals surface area contributed by atoms with Gasteiger partial charge in [-0.1, -0.05) is 12.1 Å². The molecular weight excluding hydrogens is 318 g/mol. The topological polar surface area (TPSA) is 133 Å². The van der Waals surface area contributed by atoms with Crippen LogP contribution in [0, 0.1) is 0 Å². The molecule has 0 radical (unpaired) electrons. The van der Waals surface area contributed by atoms with Crippen molar-refractivity contribution in [3.8, 4) is 5.75 Å². The second kappa shape index (κ2) is 8.30. The zero-order valence-electron chi connectivity index (χ0n) is 13.5. The highest BCUT2D eigenvalue weighted by atomic mass is 16.5. The van der Waals surface area contributed by atoms with Gasteiger partial charge in [0.25, 0.3) is 5.91 Å². The van der Waals surface area contributed by atoms with Crippen molar-refractivity contribution in [3.63, 3.8) is 0 Å². The summed E-state index contributed by atoms with van der Waals surface area (Å²) in [5.41, 5.74) is -1.60. The lowest BCUT2D eigenvalue weighted by Gasteiger charge is -2.26. The summed E-state index contributed by atoms with van der Waals surface area (Å²) in [6.45, 7) is 1.67. The number of amides is 1. The third-order valence-corrected chi connectivity index (χ3v) is 3.39. The highest BCUT2D eigenvalue weighted by Gasteiger charge is 2.41. The maximum atomic E-state index is 12.1. The predicted octanol–water partition coefficient (Wildman–Crippen LogP) is 0.423. The van der Waals surface area contributed by atoms with Gasteiger partial charge in [0.05, 0.1) is 20.0 Å². The van der Waals surface area contributed by atoms with Gasteiger partial charge in [0.1, 0.15) is 5.75 Å². The maximum absolute atomic E-state index is 12.1. The van der Waals surface area contributed by atoms with E-state index in [-0.39, 0.29) is 0 Å². The van der Waals surface area contributed by atoms with Gasteiger partial charge >= 0.3 is 11.9 Å². The van der Waals surface area contributed by atoms with Crippen molar-refractivity contribution >= 4 is 17.8 Å². The van der Waals surface area contributed by atoms with Crippen LogP contribution in [-0.4, -0.2) is 51.9 Å². The van der Waals surface area contributed by atoms with Gasteiger partial charge in [-0.25, -0.2) is 0 Å². The quantitative estimate of drug-likeness (QED) is 0.512. The van der Waals surface area contributed by atoms with Crippen LogP contribution >= 0.6 is 0 Å². The average molecular weight is 339 g/mol. The number of methoxy groups -OCH3 is 1. The molecule has 0 heterocycles. The molecule has 4 N–H and O–H groups in total. The molecule has 0 aliphatic carbocycles. The minimum atomic E-state index is -2.49. The number of hydrogen-bond acceptors (Lipinski definition) is 5. The van der Waals surface area contributed by atoms with Gasteiger partial charge in [0, 0.05) is 6.04 Å². The summed E-state index contributed by atoms with van der Waals surface area (Å²) in [5, 5.41) is 30.1. The SMILES string of the molecule is COc1ccc(CC(C)NC(=O)C(O)(CC(=O)O)CC(=O)O)cc1. The van der Waals surface area contributed by atoms with Crippen molar-refractivity contribution in [2.45, 2.75) is 37.8 Å². The monoisotopic (exact) mass is 339 g/mol. The van der Waals surface area contributed by atoms with Crippen LogP contribution in [0.25, 0.3) is 0 Å². The van der Waals surface area contributed by atoms with Crippen LogP contribution < -0.4 is 10.1 Å². The summed E-state index contributed by atoms with van der Waals surface area (Å²) in [7, 11) is 1.55. The van der Waals surface area contributed by atoms with Crippen LogP contribution in [-0.2, 0) is 20.8 Å². The van der Waals surface area contributed by atoms with Gasteiger partial charge in [0.15, 0.2) is 5.60 Å². The number of nitrogens with one attached hydrogen (secondary N) is 1. The van der Waals surface area contributed by atoms with Crippen LogP contribution in [0.5, 0.6) is 5.75 Å². The molecule has 1 unspecified atom stereocenters. The molecule has 0 aromatic heterocycles. The zero-order valence-corrected chi connectivity index (χ0v) is 13.5. The first-order valence-electron chi connectivity index (χ1n) is 7.26. The lowest BCUT2D eigenvalue weighted by molar-refractivity contribution is -0.159. The van der Waals surface area contributed by atoms with Crippen LogP contribution in [0.4, 0.5) is 0 Å². The molecule has 1 rings (SSSR count). The molecule has 8 heteroatoms. The van der Waals surface area contributed by atoms with Crippen LogP contribution in [0.1, 0.15) is 25.3 Å². The molecule has 1 aromatic carbocycles. The van der Waals surface area contributed by atoms with E-state index in [1.165, 1.54) is 0 Å². The number of aliphatic carboxylic acids is 2. The number of carbonyl (C=O) groups excluding carboxylic acids is 1. The largest absolute Gasteiger partial charge is 0.497 e. The smallest absolute Gasteiger partial charge is 0.306 e.